The van der Waals surface area contributed by atoms with Gasteiger partial charge in [-0.15, -0.1) is 0 Å². The van der Waals surface area contributed by atoms with Crippen LogP contribution < -0.4 is 5.32 Å². The fourth-order valence-corrected chi connectivity index (χ4v) is 2.64. The van der Waals surface area contributed by atoms with Crippen molar-refractivity contribution in [2.45, 2.75) is 57.5 Å². The van der Waals surface area contributed by atoms with Crippen LogP contribution in [0, 0.1) is 5.92 Å². The number of hydrogen-bond acceptors (Lipinski definition) is 3. The zero-order valence-electron chi connectivity index (χ0n) is 11.8. The number of likely N-dealkylation sites (tertiary alicyclic amines) is 1. The highest BCUT2D eigenvalue weighted by Gasteiger charge is 2.41. The number of hydrogen-bond donors (Lipinski definition) is 2. The minimum absolute atomic E-state index is 0.0491. The number of carbonyl (C=O) groups excluding carboxylic acids is 2. The van der Waals surface area contributed by atoms with Crippen molar-refractivity contribution >= 4 is 17.8 Å². The molecule has 1 saturated heterocycles. The van der Waals surface area contributed by atoms with E-state index in [9.17, 15) is 14.4 Å². The summed E-state index contributed by atoms with van der Waals surface area (Å²) in [5, 5.41) is 11.5. The third-order valence-electron chi connectivity index (χ3n) is 3.93. The molecule has 1 aliphatic heterocycles. The quantitative estimate of drug-likeness (QED) is 0.721. The van der Waals surface area contributed by atoms with Crippen LogP contribution in [0.1, 0.15) is 45.4 Å². The number of nitrogens with zero attached hydrogens (tertiary/aromatic N) is 1. The first-order valence-electron chi connectivity index (χ1n) is 7.29. The molecule has 2 unspecified atom stereocenters. The molecule has 6 heteroatoms. The summed E-state index contributed by atoms with van der Waals surface area (Å²) in [6.45, 7) is 2.41. The maximum absolute atomic E-state index is 12.1. The van der Waals surface area contributed by atoms with Gasteiger partial charge in [0.2, 0.25) is 11.8 Å². The molecule has 2 rings (SSSR count). The fourth-order valence-electron chi connectivity index (χ4n) is 2.64. The van der Waals surface area contributed by atoms with Crippen molar-refractivity contribution in [2.75, 3.05) is 6.54 Å². The standard InChI is InChI=1S/C14H22N2O4/c1-9(3-2-4-13(18)19)15-14(20)10-7-12(17)16(8-10)11-5-6-11/h9-11H,2-8H2,1H3,(H,15,20)(H,18,19). The lowest BCUT2D eigenvalue weighted by Gasteiger charge is -2.18. The monoisotopic (exact) mass is 282 g/mol. The van der Waals surface area contributed by atoms with Crippen LogP contribution in [0.2, 0.25) is 0 Å². The molecule has 20 heavy (non-hydrogen) atoms. The smallest absolute Gasteiger partial charge is 0.303 e. The third-order valence-corrected chi connectivity index (χ3v) is 3.93. The molecule has 2 atom stereocenters. The normalized spacial score (nSPS) is 23.8. The Kier molecular flexibility index (Phi) is 4.62. The summed E-state index contributed by atoms with van der Waals surface area (Å²) in [6.07, 6.45) is 3.75. The lowest BCUT2D eigenvalue weighted by Crippen LogP contribution is -2.38. The van der Waals surface area contributed by atoms with Crippen LogP contribution in [0.25, 0.3) is 0 Å². The first-order chi connectivity index (χ1) is 9.47. The van der Waals surface area contributed by atoms with Crippen LogP contribution in [-0.4, -0.2) is 46.4 Å². The second-order valence-corrected chi connectivity index (χ2v) is 5.87. The summed E-state index contributed by atoms with van der Waals surface area (Å²) in [5.41, 5.74) is 0. The Labute approximate surface area is 118 Å². The maximum atomic E-state index is 12.1. The van der Waals surface area contributed by atoms with E-state index in [0.29, 0.717) is 31.8 Å². The van der Waals surface area contributed by atoms with Crippen LogP contribution in [-0.2, 0) is 14.4 Å². The van der Waals surface area contributed by atoms with Crippen LogP contribution in [0.5, 0.6) is 0 Å². The highest BCUT2D eigenvalue weighted by Crippen LogP contribution is 2.32. The lowest BCUT2D eigenvalue weighted by atomic mass is 10.1. The van der Waals surface area contributed by atoms with E-state index in [1.807, 2.05) is 11.8 Å². The van der Waals surface area contributed by atoms with Gasteiger partial charge < -0.3 is 15.3 Å². The molecule has 0 radical (unpaired) electrons. The lowest BCUT2D eigenvalue weighted by molar-refractivity contribution is -0.137. The molecule has 112 valence electrons. The molecule has 2 fully saturated rings. The van der Waals surface area contributed by atoms with E-state index in [-0.39, 0.29) is 30.2 Å². The second-order valence-electron chi connectivity index (χ2n) is 5.87. The average Bonchev–Trinajstić information content (AvgIpc) is 3.12. The van der Waals surface area contributed by atoms with Gasteiger partial charge in [-0.25, -0.2) is 0 Å². The van der Waals surface area contributed by atoms with Gasteiger partial charge in [0.1, 0.15) is 0 Å². The van der Waals surface area contributed by atoms with Gasteiger partial charge in [-0.1, -0.05) is 0 Å². The molecule has 0 aromatic carbocycles. The Morgan fingerprint density at radius 3 is 2.75 bits per heavy atom. The van der Waals surface area contributed by atoms with Crippen LogP contribution in [0.15, 0.2) is 0 Å². The molecule has 2 N–H and O–H groups in total. The molecule has 1 aliphatic carbocycles. The van der Waals surface area contributed by atoms with Gasteiger partial charge in [-0.3, -0.25) is 14.4 Å². The van der Waals surface area contributed by atoms with Crippen molar-refractivity contribution in [1.82, 2.24) is 10.2 Å². The number of aliphatic carboxylic acids is 1. The molecular weight excluding hydrogens is 260 g/mol. The average molecular weight is 282 g/mol. The predicted molar refractivity (Wildman–Crippen MR) is 71.9 cm³/mol. The molecule has 6 nitrogen and oxygen atoms in total. The number of carboxylic acids is 1. The van der Waals surface area contributed by atoms with Gasteiger partial charge in [0.25, 0.3) is 0 Å². The van der Waals surface area contributed by atoms with Gasteiger partial charge in [-0.05, 0) is 32.6 Å². The van der Waals surface area contributed by atoms with Crippen molar-refractivity contribution in [2.24, 2.45) is 5.92 Å². The Morgan fingerprint density at radius 1 is 1.45 bits per heavy atom. The number of nitrogens with one attached hydrogen (secondary N) is 1. The van der Waals surface area contributed by atoms with Crippen molar-refractivity contribution in [1.29, 1.82) is 0 Å². The van der Waals surface area contributed by atoms with E-state index in [2.05, 4.69) is 5.32 Å². The number of amides is 2. The van der Waals surface area contributed by atoms with E-state index in [4.69, 9.17) is 5.11 Å². The largest absolute Gasteiger partial charge is 0.481 e. The third kappa shape index (κ3) is 3.95. The molecule has 0 bridgehead atoms. The van der Waals surface area contributed by atoms with E-state index in [1.165, 1.54) is 0 Å². The topological polar surface area (TPSA) is 86.7 Å². The van der Waals surface area contributed by atoms with Crippen LogP contribution >= 0.6 is 0 Å². The zero-order chi connectivity index (χ0) is 14.7. The van der Waals surface area contributed by atoms with E-state index in [1.54, 1.807) is 0 Å². The van der Waals surface area contributed by atoms with Gasteiger partial charge in [-0.2, -0.15) is 0 Å². The fraction of sp³-hybridized carbons (Fsp3) is 0.786. The van der Waals surface area contributed by atoms with Gasteiger partial charge in [0.15, 0.2) is 0 Å². The summed E-state index contributed by atoms with van der Waals surface area (Å²) in [4.78, 5) is 36.1. The first-order valence-corrected chi connectivity index (χ1v) is 7.29. The summed E-state index contributed by atoms with van der Waals surface area (Å²) >= 11 is 0. The van der Waals surface area contributed by atoms with Gasteiger partial charge in [0, 0.05) is 31.5 Å². The molecule has 2 amide bonds. The zero-order valence-corrected chi connectivity index (χ0v) is 11.8. The highest BCUT2D eigenvalue weighted by molar-refractivity contribution is 5.89. The molecule has 0 aromatic heterocycles. The Balaban J connectivity index is 1.71. The number of carboxylic acid groups (broad SMARTS) is 1. The van der Waals surface area contributed by atoms with Crippen LogP contribution in [0.3, 0.4) is 0 Å². The van der Waals surface area contributed by atoms with E-state index < -0.39 is 5.97 Å². The van der Waals surface area contributed by atoms with Gasteiger partial charge >= 0.3 is 5.97 Å². The first kappa shape index (κ1) is 14.8. The Hall–Kier alpha value is -1.59. The summed E-state index contributed by atoms with van der Waals surface area (Å²) in [5.74, 6) is -1.05. The second kappa shape index (κ2) is 6.24. The SMILES string of the molecule is CC(CCCC(=O)O)NC(=O)C1CC(=O)N(C2CC2)C1. The minimum atomic E-state index is -0.815. The number of rotatable bonds is 7. The molecule has 0 aromatic rings. The molecule has 2 aliphatic rings. The van der Waals surface area contributed by atoms with Gasteiger partial charge in [0.05, 0.1) is 5.92 Å². The molecule has 1 saturated carbocycles. The summed E-state index contributed by atoms with van der Waals surface area (Å²) in [7, 11) is 0. The Bertz CT molecular complexity index is 406. The van der Waals surface area contributed by atoms with E-state index in [0.717, 1.165) is 12.8 Å². The minimum Gasteiger partial charge on any atom is -0.481 e. The summed E-state index contributed by atoms with van der Waals surface area (Å²) in [6, 6.07) is 0.320. The molecular formula is C14H22N2O4. The Morgan fingerprint density at radius 2 is 2.15 bits per heavy atom. The highest BCUT2D eigenvalue weighted by atomic mass is 16.4. The van der Waals surface area contributed by atoms with Crippen LogP contribution in [0.4, 0.5) is 0 Å². The van der Waals surface area contributed by atoms with Crippen molar-refractivity contribution in [3.8, 4) is 0 Å². The number of carbonyl (C=O) groups is 3. The van der Waals surface area contributed by atoms with Crippen molar-refractivity contribution in [3.63, 3.8) is 0 Å². The maximum Gasteiger partial charge on any atom is 0.303 e. The van der Waals surface area contributed by atoms with Crippen molar-refractivity contribution in [3.05, 3.63) is 0 Å². The predicted octanol–water partition coefficient (Wildman–Crippen LogP) is 0.757. The summed E-state index contributed by atoms with van der Waals surface area (Å²) < 4.78 is 0. The van der Waals surface area contributed by atoms with E-state index >= 15 is 0 Å². The molecule has 1 heterocycles. The molecule has 0 spiro atoms. The van der Waals surface area contributed by atoms with Crippen molar-refractivity contribution < 1.29 is 19.5 Å².